The number of rotatable bonds is 4. The number of nitrogens with one attached hydrogen (secondary N) is 1. The van der Waals surface area contributed by atoms with Crippen LogP contribution in [0.15, 0.2) is 18.2 Å². The molecular formula is C15H17F3N2O3. The van der Waals surface area contributed by atoms with Crippen LogP contribution in [0.25, 0.3) is 0 Å². The molecule has 2 N–H and O–H groups in total. The molecule has 0 saturated carbocycles. The highest BCUT2D eigenvalue weighted by molar-refractivity contribution is 5.99. The predicted octanol–water partition coefficient (Wildman–Crippen LogP) is 1.94. The van der Waals surface area contributed by atoms with Crippen LogP contribution in [0, 0.1) is 0 Å². The van der Waals surface area contributed by atoms with Gasteiger partial charge in [-0.2, -0.15) is 13.2 Å². The minimum Gasteiger partial charge on any atom is -0.392 e. The van der Waals surface area contributed by atoms with Crippen molar-refractivity contribution < 1.29 is 27.9 Å². The van der Waals surface area contributed by atoms with Gasteiger partial charge in [-0.25, -0.2) is 0 Å². The number of carbonyl (C=O) groups excluding carboxylic acids is 2. The van der Waals surface area contributed by atoms with E-state index in [1.165, 1.54) is 17.9 Å². The van der Waals surface area contributed by atoms with Crippen LogP contribution in [0.2, 0.25) is 0 Å². The van der Waals surface area contributed by atoms with Crippen LogP contribution in [-0.2, 0) is 11.0 Å². The number of aliphatic hydroxyl groups excluding tert-OH is 1. The summed E-state index contributed by atoms with van der Waals surface area (Å²) in [7, 11) is 0. The van der Waals surface area contributed by atoms with E-state index in [-0.39, 0.29) is 30.1 Å². The summed E-state index contributed by atoms with van der Waals surface area (Å²) in [5, 5.41) is 11.5. The maximum absolute atomic E-state index is 13.0. The highest BCUT2D eigenvalue weighted by atomic mass is 19.4. The van der Waals surface area contributed by atoms with Crippen molar-refractivity contribution in [2.75, 3.05) is 18.0 Å². The van der Waals surface area contributed by atoms with Crippen molar-refractivity contribution in [3.05, 3.63) is 29.3 Å². The average Bonchev–Trinajstić information content (AvgIpc) is 2.89. The van der Waals surface area contributed by atoms with Crippen LogP contribution >= 0.6 is 0 Å². The average molecular weight is 330 g/mol. The quantitative estimate of drug-likeness (QED) is 0.886. The van der Waals surface area contributed by atoms with Gasteiger partial charge in [-0.3, -0.25) is 9.59 Å². The summed E-state index contributed by atoms with van der Waals surface area (Å²) in [4.78, 5) is 25.0. The molecule has 2 rings (SSSR count). The maximum atomic E-state index is 13.0. The topological polar surface area (TPSA) is 69.6 Å². The molecule has 1 heterocycles. The van der Waals surface area contributed by atoms with Gasteiger partial charge in [0.05, 0.1) is 11.7 Å². The van der Waals surface area contributed by atoms with E-state index in [2.05, 4.69) is 5.32 Å². The van der Waals surface area contributed by atoms with Gasteiger partial charge in [-0.05, 0) is 31.5 Å². The summed E-state index contributed by atoms with van der Waals surface area (Å²) >= 11 is 0. The van der Waals surface area contributed by atoms with E-state index in [0.717, 1.165) is 12.1 Å². The fourth-order valence-electron chi connectivity index (χ4n) is 2.33. The molecule has 8 heteroatoms. The van der Waals surface area contributed by atoms with E-state index in [4.69, 9.17) is 5.11 Å². The van der Waals surface area contributed by atoms with Gasteiger partial charge in [0, 0.05) is 30.8 Å². The monoisotopic (exact) mass is 330 g/mol. The fourth-order valence-corrected chi connectivity index (χ4v) is 2.33. The molecule has 0 spiro atoms. The summed E-state index contributed by atoms with van der Waals surface area (Å²) in [6, 6.07) is 2.87. The lowest BCUT2D eigenvalue weighted by Gasteiger charge is -2.19. The van der Waals surface area contributed by atoms with Gasteiger partial charge in [-0.1, -0.05) is 0 Å². The first kappa shape index (κ1) is 17.3. The Kier molecular flexibility index (Phi) is 4.93. The van der Waals surface area contributed by atoms with E-state index in [1.54, 1.807) is 0 Å². The Morgan fingerprint density at radius 3 is 2.61 bits per heavy atom. The smallest absolute Gasteiger partial charge is 0.392 e. The molecule has 2 amide bonds. The molecule has 126 valence electrons. The van der Waals surface area contributed by atoms with Crippen LogP contribution in [0.4, 0.5) is 18.9 Å². The molecule has 1 aliphatic heterocycles. The van der Waals surface area contributed by atoms with Crippen LogP contribution < -0.4 is 10.2 Å². The van der Waals surface area contributed by atoms with Gasteiger partial charge in [-0.15, -0.1) is 0 Å². The van der Waals surface area contributed by atoms with Crippen molar-refractivity contribution >= 4 is 17.5 Å². The number of nitrogens with zero attached hydrogens (tertiary/aromatic N) is 1. The Hall–Kier alpha value is -2.09. The van der Waals surface area contributed by atoms with E-state index in [0.29, 0.717) is 13.0 Å². The number of hydrogen-bond acceptors (Lipinski definition) is 3. The lowest BCUT2D eigenvalue weighted by Crippen LogP contribution is -2.31. The number of halogens is 3. The Bertz CT molecular complexity index is 614. The third kappa shape index (κ3) is 4.22. The zero-order valence-electron chi connectivity index (χ0n) is 12.5. The Labute approximate surface area is 131 Å². The van der Waals surface area contributed by atoms with Crippen LogP contribution in [0.1, 0.15) is 35.7 Å². The van der Waals surface area contributed by atoms with Gasteiger partial charge in [0.15, 0.2) is 0 Å². The van der Waals surface area contributed by atoms with Crippen molar-refractivity contribution in [1.82, 2.24) is 5.32 Å². The Balaban J connectivity index is 2.37. The number of benzene rings is 1. The molecule has 23 heavy (non-hydrogen) atoms. The summed E-state index contributed by atoms with van der Waals surface area (Å²) < 4.78 is 39.1. The fraction of sp³-hybridized carbons (Fsp3) is 0.467. The van der Waals surface area contributed by atoms with E-state index in [1.807, 2.05) is 0 Å². The molecule has 1 unspecified atom stereocenters. The molecule has 1 fully saturated rings. The molecule has 5 nitrogen and oxygen atoms in total. The molecule has 1 aromatic rings. The zero-order valence-corrected chi connectivity index (χ0v) is 12.5. The molecule has 0 aromatic heterocycles. The summed E-state index contributed by atoms with van der Waals surface area (Å²) in [6.45, 7) is 1.70. The Morgan fingerprint density at radius 2 is 2.09 bits per heavy atom. The SMILES string of the molecule is CC(O)CNC(=O)c1cc(N2CCCC2=O)cc(C(F)(F)F)c1. The number of anilines is 1. The second-order valence-corrected chi connectivity index (χ2v) is 5.47. The molecule has 1 saturated heterocycles. The molecule has 1 aromatic carbocycles. The number of hydrogen-bond donors (Lipinski definition) is 2. The minimum atomic E-state index is -4.63. The largest absolute Gasteiger partial charge is 0.416 e. The number of amides is 2. The first-order valence-corrected chi connectivity index (χ1v) is 7.17. The third-order valence-corrected chi connectivity index (χ3v) is 3.45. The van der Waals surface area contributed by atoms with Crippen LogP contribution in [0.3, 0.4) is 0 Å². The van der Waals surface area contributed by atoms with Crippen molar-refractivity contribution in [3.63, 3.8) is 0 Å². The predicted molar refractivity (Wildman–Crippen MR) is 77.0 cm³/mol. The molecule has 0 radical (unpaired) electrons. The van der Waals surface area contributed by atoms with Gasteiger partial charge < -0.3 is 15.3 Å². The second kappa shape index (κ2) is 6.57. The van der Waals surface area contributed by atoms with Gasteiger partial charge >= 0.3 is 6.18 Å². The van der Waals surface area contributed by atoms with E-state index in [9.17, 15) is 22.8 Å². The Morgan fingerprint density at radius 1 is 1.39 bits per heavy atom. The number of alkyl halides is 3. The summed E-state index contributed by atoms with van der Waals surface area (Å²) in [6.07, 6.45) is -4.60. The lowest BCUT2D eigenvalue weighted by molar-refractivity contribution is -0.137. The highest BCUT2D eigenvalue weighted by Crippen LogP contribution is 2.34. The van der Waals surface area contributed by atoms with Crippen LogP contribution in [0.5, 0.6) is 0 Å². The molecule has 0 aliphatic carbocycles. The standard InChI is InChI=1S/C15H17F3N2O3/c1-9(21)8-19-14(23)10-5-11(15(16,17)18)7-12(6-10)20-4-2-3-13(20)22/h5-7,9,21H,2-4,8H2,1H3,(H,19,23). The van der Waals surface area contributed by atoms with Crippen molar-refractivity contribution in [3.8, 4) is 0 Å². The van der Waals surface area contributed by atoms with Crippen molar-refractivity contribution in [1.29, 1.82) is 0 Å². The molecule has 0 bridgehead atoms. The maximum Gasteiger partial charge on any atom is 0.416 e. The van der Waals surface area contributed by atoms with Crippen LogP contribution in [-0.4, -0.2) is 36.1 Å². The third-order valence-electron chi connectivity index (χ3n) is 3.45. The molecule has 1 atom stereocenters. The minimum absolute atomic E-state index is 0.0597. The zero-order chi connectivity index (χ0) is 17.2. The van der Waals surface area contributed by atoms with Gasteiger partial charge in [0.1, 0.15) is 0 Å². The molecular weight excluding hydrogens is 313 g/mol. The first-order chi connectivity index (χ1) is 10.7. The summed E-state index contributed by atoms with van der Waals surface area (Å²) in [5.74, 6) is -0.996. The first-order valence-electron chi connectivity index (χ1n) is 7.17. The van der Waals surface area contributed by atoms with E-state index < -0.39 is 23.8 Å². The van der Waals surface area contributed by atoms with Crippen molar-refractivity contribution in [2.24, 2.45) is 0 Å². The highest BCUT2D eigenvalue weighted by Gasteiger charge is 2.33. The van der Waals surface area contributed by atoms with Crippen molar-refractivity contribution in [2.45, 2.75) is 32.0 Å². The normalized spacial score (nSPS) is 16.6. The number of carbonyl (C=O) groups is 2. The molecule has 1 aliphatic rings. The number of aliphatic hydroxyl groups is 1. The van der Waals surface area contributed by atoms with E-state index >= 15 is 0 Å². The lowest BCUT2D eigenvalue weighted by atomic mass is 10.1. The van der Waals surface area contributed by atoms with Gasteiger partial charge in [0.2, 0.25) is 5.91 Å². The second-order valence-electron chi connectivity index (χ2n) is 5.47. The summed E-state index contributed by atoms with van der Waals surface area (Å²) in [5.41, 5.74) is -1.13. The van der Waals surface area contributed by atoms with Gasteiger partial charge in [0.25, 0.3) is 5.91 Å².